The molecule has 0 bridgehead atoms. The van der Waals surface area contributed by atoms with Gasteiger partial charge in [0.05, 0.1) is 6.54 Å². The highest BCUT2D eigenvalue weighted by molar-refractivity contribution is 6.06. The minimum atomic E-state index is -0.958. The van der Waals surface area contributed by atoms with Gasteiger partial charge in [-0.05, 0) is 36.2 Å². The second kappa shape index (κ2) is 6.72. The monoisotopic (exact) mass is 342 g/mol. The minimum Gasteiger partial charge on any atom is -0.491 e. The van der Waals surface area contributed by atoms with Gasteiger partial charge in [0.2, 0.25) is 0 Å². The second-order valence-corrected chi connectivity index (χ2v) is 6.51. The molecule has 6 nitrogen and oxygen atoms in total. The Bertz CT molecular complexity index is 807. The van der Waals surface area contributed by atoms with Crippen LogP contribution < -0.4 is 10.1 Å². The molecule has 0 aromatic heterocycles. The van der Waals surface area contributed by atoms with Crippen LogP contribution in [0.1, 0.15) is 20.3 Å². The van der Waals surface area contributed by atoms with E-state index in [0.717, 1.165) is 15.7 Å². The number of amides is 3. The van der Waals surface area contributed by atoms with Gasteiger partial charge in [-0.2, -0.15) is 0 Å². The summed E-state index contributed by atoms with van der Waals surface area (Å²) in [6.45, 7) is 3.43. The van der Waals surface area contributed by atoms with Gasteiger partial charge in [-0.15, -0.1) is 0 Å². The Balaban J connectivity index is 1.60. The number of nitrogens with zero attached hydrogens (tertiary/aromatic N) is 1. The van der Waals surface area contributed by atoms with Gasteiger partial charge in [0, 0.05) is 0 Å². The summed E-state index contributed by atoms with van der Waals surface area (Å²) in [5.41, 5.74) is -0.893. The molecule has 0 spiro atoms. The van der Waals surface area contributed by atoms with E-state index in [1.54, 1.807) is 6.92 Å². The second-order valence-electron chi connectivity index (χ2n) is 6.51. The summed E-state index contributed by atoms with van der Waals surface area (Å²) >= 11 is 0. The van der Waals surface area contributed by atoms with Crippen LogP contribution in [0.5, 0.6) is 5.75 Å². The minimum absolute atomic E-state index is 0.00175. The first-order valence-corrected chi connectivity index (χ1v) is 8.37. The first-order chi connectivity index (χ1) is 11.9. The largest absolute Gasteiger partial charge is 0.491 e. The number of urea groups is 1. The summed E-state index contributed by atoms with van der Waals surface area (Å²) in [6, 6.07) is 13.1. The number of carbonyl (C=O) groups excluding carboxylic acids is 2. The Morgan fingerprint density at radius 1 is 1.20 bits per heavy atom. The summed E-state index contributed by atoms with van der Waals surface area (Å²) in [5.74, 6) is 0.318. The summed E-state index contributed by atoms with van der Waals surface area (Å²) in [4.78, 5) is 25.3. The highest BCUT2D eigenvalue weighted by Crippen LogP contribution is 2.22. The lowest BCUT2D eigenvalue weighted by Gasteiger charge is -2.21. The van der Waals surface area contributed by atoms with E-state index in [1.165, 1.54) is 0 Å². The molecule has 1 heterocycles. The van der Waals surface area contributed by atoms with E-state index in [0.29, 0.717) is 12.2 Å². The van der Waals surface area contributed by atoms with Crippen LogP contribution in [-0.2, 0) is 4.79 Å². The standard InChI is InChI=1S/C19H22N2O4/c1-3-19(2)17(23)21(18(24)20-19)11-15(22)12-25-16-9-8-13-6-4-5-7-14(13)10-16/h4-10,15,22H,3,11-12H2,1-2H3,(H,20,24)/t15-,19-/m1/s1. The summed E-state index contributed by atoms with van der Waals surface area (Å²) in [5, 5.41) is 15.0. The Kier molecular flexibility index (Phi) is 4.63. The number of nitrogens with one attached hydrogen (secondary N) is 1. The Morgan fingerprint density at radius 2 is 1.92 bits per heavy atom. The molecular formula is C19H22N2O4. The molecule has 0 radical (unpaired) electrons. The van der Waals surface area contributed by atoms with E-state index in [4.69, 9.17) is 4.74 Å². The highest BCUT2D eigenvalue weighted by Gasteiger charge is 2.46. The summed E-state index contributed by atoms with van der Waals surface area (Å²) < 4.78 is 5.62. The van der Waals surface area contributed by atoms with Crippen LogP contribution in [0, 0.1) is 0 Å². The van der Waals surface area contributed by atoms with Crippen molar-refractivity contribution in [1.82, 2.24) is 10.2 Å². The van der Waals surface area contributed by atoms with Gasteiger partial charge in [0.15, 0.2) is 0 Å². The zero-order valence-corrected chi connectivity index (χ0v) is 14.4. The van der Waals surface area contributed by atoms with Gasteiger partial charge >= 0.3 is 6.03 Å². The molecule has 6 heteroatoms. The Morgan fingerprint density at radius 3 is 2.60 bits per heavy atom. The number of imide groups is 1. The molecule has 0 aliphatic carbocycles. The molecule has 2 aromatic rings. The molecule has 2 N–H and O–H groups in total. The fourth-order valence-corrected chi connectivity index (χ4v) is 2.87. The number of hydrogen-bond acceptors (Lipinski definition) is 4. The van der Waals surface area contributed by atoms with Gasteiger partial charge in [-0.25, -0.2) is 4.79 Å². The molecule has 25 heavy (non-hydrogen) atoms. The predicted octanol–water partition coefficient (Wildman–Crippen LogP) is 2.30. The zero-order valence-electron chi connectivity index (χ0n) is 14.4. The first kappa shape index (κ1) is 17.2. The third-order valence-electron chi connectivity index (χ3n) is 4.61. The van der Waals surface area contributed by atoms with Gasteiger partial charge in [0.1, 0.15) is 24.0 Å². The van der Waals surface area contributed by atoms with Crippen molar-refractivity contribution in [1.29, 1.82) is 0 Å². The molecule has 1 fully saturated rings. The van der Waals surface area contributed by atoms with Crippen LogP contribution in [-0.4, -0.2) is 46.7 Å². The number of hydrogen-bond donors (Lipinski definition) is 2. The van der Waals surface area contributed by atoms with Crippen LogP contribution in [0.25, 0.3) is 10.8 Å². The molecule has 132 valence electrons. The molecule has 0 unspecified atom stereocenters. The van der Waals surface area contributed by atoms with Crippen LogP contribution >= 0.6 is 0 Å². The SMILES string of the molecule is CC[C@@]1(C)NC(=O)N(C[C@@H](O)COc2ccc3ccccc3c2)C1=O. The van der Waals surface area contributed by atoms with Crippen LogP contribution in [0.2, 0.25) is 0 Å². The number of ether oxygens (including phenoxy) is 1. The smallest absolute Gasteiger partial charge is 0.325 e. The van der Waals surface area contributed by atoms with E-state index in [-0.39, 0.29) is 19.1 Å². The number of fused-ring (bicyclic) bond motifs is 1. The number of rotatable bonds is 6. The molecule has 2 aromatic carbocycles. The summed E-state index contributed by atoms with van der Waals surface area (Å²) in [6.07, 6.45) is -0.460. The van der Waals surface area contributed by atoms with Crippen molar-refractivity contribution in [2.75, 3.05) is 13.2 Å². The lowest BCUT2D eigenvalue weighted by Crippen LogP contribution is -2.44. The molecule has 2 atom stereocenters. The van der Waals surface area contributed by atoms with Crippen LogP contribution in [0.4, 0.5) is 4.79 Å². The lowest BCUT2D eigenvalue weighted by atomic mass is 9.99. The normalized spacial score (nSPS) is 21.5. The molecule has 1 aliphatic heterocycles. The van der Waals surface area contributed by atoms with Gasteiger partial charge in [-0.1, -0.05) is 37.3 Å². The average Bonchev–Trinajstić information content (AvgIpc) is 2.83. The van der Waals surface area contributed by atoms with E-state index >= 15 is 0 Å². The number of carbonyl (C=O) groups is 2. The topological polar surface area (TPSA) is 78.9 Å². The van der Waals surface area contributed by atoms with Gasteiger partial charge in [0.25, 0.3) is 5.91 Å². The van der Waals surface area contributed by atoms with E-state index in [9.17, 15) is 14.7 Å². The van der Waals surface area contributed by atoms with Crippen molar-refractivity contribution < 1.29 is 19.4 Å². The van der Waals surface area contributed by atoms with Gasteiger partial charge in [-0.3, -0.25) is 9.69 Å². The van der Waals surface area contributed by atoms with E-state index < -0.39 is 17.7 Å². The number of aliphatic hydroxyl groups is 1. The Labute approximate surface area is 146 Å². The highest BCUT2D eigenvalue weighted by atomic mass is 16.5. The number of β-amino-alcohol motifs (C(OH)–C–C–N with tert-alkyl or cyclic N) is 1. The lowest BCUT2D eigenvalue weighted by molar-refractivity contribution is -0.132. The van der Waals surface area contributed by atoms with E-state index in [2.05, 4.69) is 5.32 Å². The van der Waals surface area contributed by atoms with Gasteiger partial charge < -0.3 is 15.2 Å². The molecule has 1 saturated heterocycles. The van der Waals surface area contributed by atoms with Crippen molar-refractivity contribution >= 4 is 22.7 Å². The third kappa shape index (κ3) is 3.44. The molecular weight excluding hydrogens is 320 g/mol. The maximum atomic E-state index is 12.3. The molecule has 3 amide bonds. The number of benzene rings is 2. The quantitative estimate of drug-likeness (QED) is 0.790. The fraction of sp³-hybridized carbons (Fsp3) is 0.368. The van der Waals surface area contributed by atoms with Crippen LogP contribution in [0.3, 0.4) is 0 Å². The van der Waals surface area contributed by atoms with Crippen molar-refractivity contribution in [3.8, 4) is 5.75 Å². The molecule has 0 saturated carbocycles. The maximum Gasteiger partial charge on any atom is 0.325 e. The molecule has 1 aliphatic rings. The van der Waals surface area contributed by atoms with Crippen molar-refractivity contribution in [3.05, 3.63) is 42.5 Å². The maximum absolute atomic E-state index is 12.3. The van der Waals surface area contributed by atoms with E-state index in [1.807, 2.05) is 49.4 Å². The van der Waals surface area contributed by atoms with Crippen molar-refractivity contribution in [3.63, 3.8) is 0 Å². The van der Waals surface area contributed by atoms with Crippen molar-refractivity contribution in [2.24, 2.45) is 0 Å². The zero-order chi connectivity index (χ0) is 18.0. The fourth-order valence-electron chi connectivity index (χ4n) is 2.87. The Hall–Kier alpha value is -2.60. The van der Waals surface area contributed by atoms with Crippen LogP contribution in [0.15, 0.2) is 42.5 Å². The first-order valence-electron chi connectivity index (χ1n) is 8.37. The average molecular weight is 342 g/mol. The molecule has 3 rings (SSSR count). The third-order valence-corrected chi connectivity index (χ3v) is 4.61. The predicted molar refractivity (Wildman–Crippen MR) is 94.4 cm³/mol. The summed E-state index contributed by atoms with van der Waals surface area (Å²) in [7, 11) is 0. The number of aliphatic hydroxyl groups excluding tert-OH is 1. The van der Waals surface area contributed by atoms with Crippen molar-refractivity contribution in [2.45, 2.75) is 31.9 Å².